The van der Waals surface area contributed by atoms with Gasteiger partial charge in [0.25, 0.3) is 0 Å². The maximum absolute atomic E-state index is 11.7. The quantitative estimate of drug-likeness (QED) is 0.628. The fraction of sp³-hybridized carbons (Fsp3) is 0.417. The molecule has 0 aliphatic heterocycles. The summed E-state index contributed by atoms with van der Waals surface area (Å²) in [6, 6.07) is 7.41. The van der Waals surface area contributed by atoms with Crippen molar-refractivity contribution in [2.45, 2.75) is 32.8 Å². The Morgan fingerprint density at radius 1 is 1.47 bits per heavy atom. The fourth-order valence-electron chi connectivity index (χ4n) is 0.997. The van der Waals surface area contributed by atoms with Crippen molar-refractivity contribution in [2.75, 3.05) is 0 Å². The van der Waals surface area contributed by atoms with Crippen molar-refractivity contribution >= 4 is 28.6 Å². The van der Waals surface area contributed by atoms with Crippen molar-refractivity contribution in [3.8, 4) is 0 Å². The molecule has 1 aromatic carbocycles. The van der Waals surface area contributed by atoms with Gasteiger partial charge in [-0.15, -0.1) is 0 Å². The molecular formula is C12H15IO2. The average Bonchev–Trinajstić information content (AvgIpc) is 2.17. The van der Waals surface area contributed by atoms with Gasteiger partial charge in [-0.2, -0.15) is 0 Å². The number of ether oxygens (including phenoxy) is 1. The SMILES string of the molecule is CCC(C)(C)OC(=O)c1cccc(I)c1. The van der Waals surface area contributed by atoms with E-state index in [0.29, 0.717) is 5.56 Å². The van der Waals surface area contributed by atoms with E-state index in [-0.39, 0.29) is 5.97 Å². The van der Waals surface area contributed by atoms with Crippen LogP contribution in [0.25, 0.3) is 0 Å². The van der Waals surface area contributed by atoms with E-state index in [9.17, 15) is 4.79 Å². The molecule has 1 rings (SSSR count). The maximum atomic E-state index is 11.7. The molecule has 0 N–H and O–H groups in total. The number of esters is 1. The summed E-state index contributed by atoms with van der Waals surface area (Å²) >= 11 is 2.18. The van der Waals surface area contributed by atoms with Crippen LogP contribution < -0.4 is 0 Å². The van der Waals surface area contributed by atoms with Gasteiger partial charge in [0.2, 0.25) is 0 Å². The van der Waals surface area contributed by atoms with E-state index in [1.165, 1.54) is 0 Å². The molecule has 0 saturated heterocycles. The molecule has 0 heterocycles. The van der Waals surface area contributed by atoms with Crippen LogP contribution >= 0.6 is 22.6 Å². The lowest BCUT2D eigenvalue weighted by atomic mass is 10.1. The lowest BCUT2D eigenvalue weighted by Gasteiger charge is -2.23. The minimum Gasteiger partial charge on any atom is -0.456 e. The summed E-state index contributed by atoms with van der Waals surface area (Å²) in [5.74, 6) is -0.250. The second kappa shape index (κ2) is 4.96. The van der Waals surface area contributed by atoms with Gasteiger partial charge in [0.05, 0.1) is 5.56 Å². The molecule has 0 aliphatic rings. The molecule has 0 radical (unpaired) electrons. The molecule has 0 unspecified atom stereocenters. The number of carbonyl (C=O) groups excluding carboxylic acids is 1. The van der Waals surface area contributed by atoms with Crippen molar-refractivity contribution < 1.29 is 9.53 Å². The Morgan fingerprint density at radius 2 is 2.13 bits per heavy atom. The van der Waals surface area contributed by atoms with Crippen molar-refractivity contribution in [2.24, 2.45) is 0 Å². The van der Waals surface area contributed by atoms with Crippen LogP contribution in [-0.2, 0) is 4.74 Å². The molecule has 1 aromatic rings. The van der Waals surface area contributed by atoms with Crippen molar-refractivity contribution in [3.05, 3.63) is 33.4 Å². The number of hydrogen-bond donors (Lipinski definition) is 0. The van der Waals surface area contributed by atoms with Crippen LogP contribution in [0.2, 0.25) is 0 Å². The van der Waals surface area contributed by atoms with Gasteiger partial charge in [0, 0.05) is 3.57 Å². The first-order valence-electron chi connectivity index (χ1n) is 4.93. The number of hydrogen-bond acceptors (Lipinski definition) is 2. The van der Waals surface area contributed by atoms with E-state index >= 15 is 0 Å². The zero-order valence-corrected chi connectivity index (χ0v) is 11.4. The number of halogens is 1. The molecule has 2 nitrogen and oxygen atoms in total. The van der Waals surface area contributed by atoms with Gasteiger partial charge in [-0.25, -0.2) is 4.79 Å². The van der Waals surface area contributed by atoms with Crippen molar-refractivity contribution in [1.29, 1.82) is 0 Å². The zero-order chi connectivity index (χ0) is 11.5. The summed E-state index contributed by atoms with van der Waals surface area (Å²) in [7, 11) is 0. The third-order valence-electron chi connectivity index (χ3n) is 2.28. The first-order valence-corrected chi connectivity index (χ1v) is 6.01. The van der Waals surface area contributed by atoms with E-state index in [1.807, 2.05) is 39.0 Å². The van der Waals surface area contributed by atoms with Crippen molar-refractivity contribution in [3.63, 3.8) is 0 Å². The molecule has 0 amide bonds. The maximum Gasteiger partial charge on any atom is 0.338 e. The van der Waals surface area contributed by atoms with Crippen LogP contribution in [0, 0.1) is 3.57 Å². The number of benzene rings is 1. The second-order valence-corrected chi connectivity index (χ2v) is 5.26. The molecule has 0 bridgehead atoms. The van der Waals surface area contributed by atoms with Gasteiger partial charge in [-0.1, -0.05) is 13.0 Å². The fourth-order valence-corrected chi connectivity index (χ4v) is 1.54. The highest BCUT2D eigenvalue weighted by Gasteiger charge is 2.21. The van der Waals surface area contributed by atoms with Gasteiger partial charge in [-0.05, 0) is 61.1 Å². The molecule has 0 spiro atoms. The summed E-state index contributed by atoms with van der Waals surface area (Å²) in [5, 5.41) is 0. The third-order valence-corrected chi connectivity index (χ3v) is 2.95. The highest BCUT2D eigenvalue weighted by molar-refractivity contribution is 14.1. The predicted molar refractivity (Wildman–Crippen MR) is 68.9 cm³/mol. The Hall–Kier alpha value is -0.580. The molecule has 0 fully saturated rings. The third kappa shape index (κ3) is 3.81. The zero-order valence-electron chi connectivity index (χ0n) is 9.21. The van der Waals surface area contributed by atoms with Crippen LogP contribution in [0.4, 0.5) is 0 Å². The topological polar surface area (TPSA) is 26.3 Å². The molecule has 0 atom stereocenters. The van der Waals surface area contributed by atoms with Crippen LogP contribution in [0.5, 0.6) is 0 Å². The van der Waals surface area contributed by atoms with Crippen LogP contribution in [0.15, 0.2) is 24.3 Å². The lowest BCUT2D eigenvalue weighted by Crippen LogP contribution is -2.27. The molecule has 15 heavy (non-hydrogen) atoms. The van der Waals surface area contributed by atoms with Crippen molar-refractivity contribution in [1.82, 2.24) is 0 Å². The van der Waals surface area contributed by atoms with Gasteiger partial charge in [-0.3, -0.25) is 0 Å². The molecule has 3 heteroatoms. The molecule has 0 aliphatic carbocycles. The number of carbonyl (C=O) groups is 1. The standard InChI is InChI=1S/C12H15IO2/c1-4-12(2,3)15-11(14)9-6-5-7-10(13)8-9/h5-8H,4H2,1-3H3. The van der Waals surface area contributed by atoms with Gasteiger partial charge in [0.1, 0.15) is 5.60 Å². The summed E-state index contributed by atoms with van der Waals surface area (Å²) in [6.45, 7) is 5.83. The highest BCUT2D eigenvalue weighted by Crippen LogP contribution is 2.17. The van der Waals surface area contributed by atoms with Gasteiger partial charge >= 0.3 is 5.97 Å². The van der Waals surface area contributed by atoms with E-state index in [0.717, 1.165) is 9.99 Å². The molecule has 82 valence electrons. The van der Waals surface area contributed by atoms with Gasteiger partial charge in [0.15, 0.2) is 0 Å². The van der Waals surface area contributed by atoms with E-state index in [1.54, 1.807) is 6.07 Å². The first kappa shape index (κ1) is 12.5. The lowest BCUT2D eigenvalue weighted by molar-refractivity contribution is -0.00244. The largest absolute Gasteiger partial charge is 0.456 e. The monoisotopic (exact) mass is 318 g/mol. The van der Waals surface area contributed by atoms with E-state index in [2.05, 4.69) is 22.6 Å². The van der Waals surface area contributed by atoms with E-state index in [4.69, 9.17) is 4.74 Å². The minimum atomic E-state index is -0.391. The highest BCUT2D eigenvalue weighted by atomic mass is 127. The van der Waals surface area contributed by atoms with E-state index < -0.39 is 5.60 Å². The minimum absolute atomic E-state index is 0.250. The summed E-state index contributed by atoms with van der Waals surface area (Å²) in [6.07, 6.45) is 0.808. The van der Waals surface area contributed by atoms with Gasteiger partial charge < -0.3 is 4.74 Å². The summed E-state index contributed by atoms with van der Waals surface area (Å²) < 4.78 is 6.42. The smallest absolute Gasteiger partial charge is 0.338 e. The molecule has 0 aromatic heterocycles. The Balaban J connectivity index is 2.78. The van der Waals surface area contributed by atoms with Crippen LogP contribution in [0.3, 0.4) is 0 Å². The Labute approximate surface area is 104 Å². The number of rotatable bonds is 3. The Bertz CT molecular complexity index is 358. The Morgan fingerprint density at radius 3 is 2.67 bits per heavy atom. The van der Waals surface area contributed by atoms with Crippen LogP contribution in [-0.4, -0.2) is 11.6 Å². The Kier molecular flexibility index (Phi) is 4.13. The first-order chi connectivity index (χ1) is 6.94. The summed E-state index contributed by atoms with van der Waals surface area (Å²) in [4.78, 5) is 11.7. The molecule has 0 saturated carbocycles. The summed E-state index contributed by atoms with van der Waals surface area (Å²) in [5.41, 5.74) is 0.224. The second-order valence-electron chi connectivity index (χ2n) is 4.01. The average molecular weight is 318 g/mol. The normalized spacial score (nSPS) is 11.2. The molecular weight excluding hydrogens is 303 g/mol. The predicted octanol–water partition coefficient (Wildman–Crippen LogP) is 3.64. The van der Waals surface area contributed by atoms with Crippen LogP contribution in [0.1, 0.15) is 37.6 Å².